The molecule has 58 valence electrons. The van der Waals surface area contributed by atoms with Gasteiger partial charge in [-0.3, -0.25) is 0 Å². The monoisotopic (exact) mass is 178 g/mol. The molecule has 1 nitrogen and oxygen atoms in total. The summed E-state index contributed by atoms with van der Waals surface area (Å²) in [5.74, 6) is 0.623. The molecule has 0 amide bonds. The minimum Gasteiger partial charge on any atom is -0.357 e. The molecule has 1 aliphatic heterocycles. The van der Waals surface area contributed by atoms with E-state index in [1.54, 1.807) is 0 Å². The first-order chi connectivity index (χ1) is 4.83. The Morgan fingerprint density at radius 3 is 3.10 bits per heavy atom. The average molecular weight is 179 g/mol. The molecular formula is C7H12ClOP. The maximum atomic E-state index is 5.50. The van der Waals surface area contributed by atoms with Crippen LogP contribution in [0.5, 0.6) is 0 Å². The summed E-state index contributed by atoms with van der Waals surface area (Å²) >= 11 is 5.48. The third-order valence-corrected chi connectivity index (χ3v) is 3.56. The highest BCUT2D eigenvalue weighted by atomic mass is 35.5. The molecule has 1 rings (SSSR count). The van der Waals surface area contributed by atoms with Gasteiger partial charge in [0.15, 0.2) is 0 Å². The van der Waals surface area contributed by atoms with Gasteiger partial charge in [-0.25, -0.2) is 0 Å². The largest absolute Gasteiger partial charge is 0.357 e. The molecule has 1 unspecified atom stereocenters. The van der Waals surface area contributed by atoms with Crippen LogP contribution in [0.4, 0.5) is 0 Å². The van der Waals surface area contributed by atoms with Gasteiger partial charge in [-0.2, -0.15) is 0 Å². The van der Waals surface area contributed by atoms with Gasteiger partial charge in [-0.1, -0.05) is 11.6 Å². The first-order valence-corrected chi connectivity index (χ1v) is 5.59. The Morgan fingerprint density at radius 1 is 1.80 bits per heavy atom. The molecule has 1 atom stereocenters. The predicted molar refractivity (Wildman–Crippen MR) is 47.1 cm³/mol. The van der Waals surface area contributed by atoms with Gasteiger partial charge in [-0.15, -0.1) is 11.6 Å². The van der Waals surface area contributed by atoms with Crippen molar-refractivity contribution in [2.45, 2.75) is 6.92 Å². The van der Waals surface area contributed by atoms with Crippen LogP contribution in [0, 0.1) is 0 Å². The molecule has 1 heterocycles. The van der Waals surface area contributed by atoms with E-state index in [4.69, 9.17) is 16.1 Å². The van der Waals surface area contributed by atoms with Crippen molar-refractivity contribution in [3.8, 4) is 0 Å². The maximum absolute atomic E-state index is 5.50. The summed E-state index contributed by atoms with van der Waals surface area (Å²) in [5, 5.41) is 0. The summed E-state index contributed by atoms with van der Waals surface area (Å²) in [6.07, 6.45) is 4.56. The lowest BCUT2D eigenvalue weighted by molar-refractivity contribution is 0.384. The van der Waals surface area contributed by atoms with Crippen molar-refractivity contribution in [1.82, 2.24) is 0 Å². The van der Waals surface area contributed by atoms with Crippen LogP contribution in [0.25, 0.3) is 0 Å². The second-order valence-corrected chi connectivity index (χ2v) is 4.68. The topological polar surface area (TPSA) is 9.23 Å². The minimum absolute atomic E-state index is 0.167. The maximum Gasteiger partial charge on any atom is 0.0644 e. The number of allylic oxidation sites excluding steroid dienone is 2. The highest BCUT2D eigenvalue weighted by molar-refractivity contribution is 7.53. The first kappa shape index (κ1) is 8.52. The molecule has 0 radical (unpaired) electrons. The Labute approximate surface area is 68.2 Å². The average Bonchev–Trinajstić information content (AvgIpc) is 2.31. The zero-order valence-corrected chi connectivity index (χ0v) is 7.79. The number of alkyl halides is 1. The molecule has 3 heteroatoms. The second-order valence-electron chi connectivity index (χ2n) is 2.40. The number of hydrogen-bond acceptors (Lipinski definition) is 1. The van der Waals surface area contributed by atoms with Crippen molar-refractivity contribution in [3.63, 3.8) is 0 Å². The van der Waals surface area contributed by atoms with Gasteiger partial charge in [0.05, 0.1) is 6.61 Å². The SMILES string of the molecule is CC1=CCP(OCCCl)C1. The zero-order chi connectivity index (χ0) is 7.40. The van der Waals surface area contributed by atoms with E-state index >= 15 is 0 Å². The van der Waals surface area contributed by atoms with E-state index in [9.17, 15) is 0 Å². The van der Waals surface area contributed by atoms with Crippen LogP contribution < -0.4 is 0 Å². The number of halogens is 1. The summed E-state index contributed by atoms with van der Waals surface area (Å²) in [5.41, 5.74) is 1.47. The van der Waals surface area contributed by atoms with Crippen molar-refractivity contribution in [2.75, 3.05) is 24.8 Å². The highest BCUT2D eigenvalue weighted by Gasteiger charge is 2.13. The van der Waals surface area contributed by atoms with Crippen molar-refractivity contribution in [1.29, 1.82) is 0 Å². The summed E-state index contributed by atoms with van der Waals surface area (Å²) in [6.45, 7) is 2.88. The Balaban J connectivity index is 2.11. The summed E-state index contributed by atoms with van der Waals surface area (Å²) in [6, 6.07) is 0. The lowest BCUT2D eigenvalue weighted by Gasteiger charge is -2.08. The van der Waals surface area contributed by atoms with Crippen LogP contribution >= 0.6 is 19.7 Å². The summed E-state index contributed by atoms with van der Waals surface area (Å²) in [4.78, 5) is 0. The van der Waals surface area contributed by atoms with Crippen LogP contribution in [0.15, 0.2) is 11.6 Å². The van der Waals surface area contributed by atoms with E-state index < -0.39 is 0 Å². The molecule has 0 aromatic rings. The van der Waals surface area contributed by atoms with E-state index in [1.165, 1.54) is 5.57 Å². The molecule has 0 aliphatic carbocycles. The third-order valence-electron chi connectivity index (χ3n) is 1.42. The summed E-state index contributed by atoms with van der Waals surface area (Å²) < 4.78 is 5.50. The normalized spacial score (nSPS) is 25.0. The van der Waals surface area contributed by atoms with E-state index in [0.717, 1.165) is 12.3 Å². The molecule has 1 aliphatic rings. The molecule has 0 aromatic heterocycles. The number of rotatable bonds is 3. The lowest BCUT2D eigenvalue weighted by Crippen LogP contribution is -1.92. The molecule has 0 aromatic carbocycles. The van der Waals surface area contributed by atoms with Crippen LogP contribution in [-0.4, -0.2) is 24.8 Å². The van der Waals surface area contributed by atoms with Gasteiger partial charge in [0.1, 0.15) is 0 Å². The number of hydrogen-bond donors (Lipinski definition) is 0. The molecular weight excluding hydrogens is 167 g/mol. The lowest BCUT2D eigenvalue weighted by atomic mass is 10.3. The van der Waals surface area contributed by atoms with Crippen molar-refractivity contribution in [2.24, 2.45) is 0 Å². The fraction of sp³-hybridized carbons (Fsp3) is 0.714. The van der Waals surface area contributed by atoms with Crippen LogP contribution in [0.1, 0.15) is 6.92 Å². The van der Waals surface area contributed by atoms with E-state index in [2.05, 4.69) is 13.0 Å². The Hall–Kier alpha value is 0.420. The molecule has 0 saturated heterocycles. The summed E-state index contributed by atoms with van der Waals surface area (Å²) in [7, 11) is -0.167. The standard InChI is InChI=1S/C7H12ClOP/c1-7-2-5-10(6-7)9-4-3-8/h2H,3-6H2,1H3. The van der Waals surface area contributed by atoms with Crippen LogP contribution in [0.3, 0.4) is 0 Å². The fourth-order valence-electron chi connectivity index (χ4n) is 0.927. The fourth-order valence-corrected chi connectivity index (χ4v) is 2.99. The smallest absolute Gasteiger partial charge is 0.0644 e. The Bertz CT molecular complexity index is 136. The van der Waals surface area contributed by atoms with Crippen LogP contribution in [0.2, 0.25) is 0 Å². The molecule has 10 heavy (non-hydrogen) atoms. The quantitative estimate of drug-likeness (QED) is 0.367. The Morgan fingerprint density at radius 2 is 2.60 bits per heavy atom. The van der Waals surface area contributed by atoms with Gasteiger partial charge < -0.3 is 4.52 Å². The molecule has 0 fully saturated rings. The third kappa shape index (κ3) is 2.57. The van der Waals surface area contributed by atoms with E-state index in [0.29, 0.717) is 12.5 Å². The van der Waals surface area contributed by atoms with Gasteiger partial charge >= 0.3 is 0 Å². The zero-order valence-electron chi connectivity index (χ0n) is 6.14. The first-order valence-electron chi connectivity index (χ1n) is 3.42. The molecule has 0 spiro atoms. The van der Waals surface area contributed by atoms with E-state index in [-0.39, 0.29) is 8.15 Å². The van der Waals surface area contributed by atoms with Crippen LogP contribution in [-0.2, 0) is 4.52 Å². The van der Waals surface area contributed by atoms with Gasteiger partial charge in [-0.05, 0) is 6.92 Å². The van der Waals surface area contributed by atoms with Gasteiger partial charge in [0, 0.05) is 26.4 Å². The second kappa shape index (κ2) is 4.33. The molecule has 0 bridgehead atoms. The molecule has 0 saturated carbocycles. The molecule has 0 N–H and O–H groups in total. The van der Waals surface area contributed by atoms with Gasteiger partial charge in [0.2, 0.25) is 0 Å². The van der Waals surface area contributed by atoms with Crippen molar-refractivity contribution < 1.29 is 4.52 Å². The van der Waals surface area contributed by atoms with Crippen molar-refractivity contribution >= 4 is 19.7 Å². The predicted octanol–water partition coefficient (Wildman–Crippen LogP) is 2.60. The minimum atomic E-state index is -0.167. The highest BCUT2D eigenvalue weighted by Crippen LogP contribution is 2.43. The van der Waals surface area contributed by atoms with Gasteiger partial charge in [0.25, 0.3) is 0 Å². The van der Waals surface area contributed by atoms with Crippen molar-refractivity contribution in [3.05, 3.63) is 11.6 Å². The Kier molecular flexibility index (Phi) is 3.69. The van der Waals surface area contributed by atoms with E-state index in [1.807, 2.05) is 0 Å².